The minimum Gasteiger partial charge on any atom is -0.487 e. The second-order valence-corrected chi connectivity index (χ2v) is 5.79. The van der Waals surface area contributed by atoms with Gasteiger partial charge in [0, 0.05) is 5.69 Å². The van der Waals surface area contributed by atoms with Gasteiger partial charge in [0.25, 0.3) is 5.91 Å². The maximum atomic E-state index is 12.1. The number of rotatable bonds is 9. The molecule has 5 heteroatoms. The number of carbonyl (C=O) groups is 1. The Labute approximate surface area is 148 Å². The summed E-state index contributed by atoms with van der Waals surface area (Å²) in [7, 11) is 0. The molecule has 0 bridgehead atoms. The first-order chi connectivity index (χ1) is 12.1. The number of aliphatic hydroxyl groups excluding tert-OH is 1. The molecule has 5 nitrogen and oxygen atoms in total. The summed E-state index contributed by atoms with van der Waals surface area (Å²) >= 11 is 0. The molecule has 0 saturated heterocycles. The van der Waals surface area contributed by atoms with Crippen LogP contribution < -0.4 is 14.8 Å². The third-order valence-electron chi connectivity index (χ3n) is 3.93. The van der Waals surface area contributed by atoms with Crippen molar-refractivity contribution in [1.82, 2.24) is 0 Å². The van der Waals surface area contributed by atoms with E-state index in [9.17, 15) is 4.79 Å². The first kappa shape index (κ1) is 18.8. The maximum absolute atomic E-state index is 12.1. The van der Waals surface area contributed by atoms with Crippen LogP contribution in [0.15, 0.2) is 48.5 Å². The van der Waals surface area contributed by atoms with Gasteiger partial charge in [0.2, 0.25) is 0 Å². The average Bonchev–Trinajstić information content (AvgIpc) is 2.65. The lowest BCUT2D eigenvalue weighted by atomic mass is 9.99. The summed E-state index contributed by atoms with van der Waals surface area (Å²) in [5.74, 6) is 1.23. The Morgan fingerprint density at radius 3 is 2.32 bits per heavy atom. The van der Waals surface area contributed by atoms with Gasteiger partial charge in [-0.2, -0.15) is 0 Å². The van der Waals surface area contributed by atoms with Gasteiger partial charge in [-0.1, -0.05) is 38.1 Å². The summed E-state index contributed by atoms with van der Waals surface area (Å²) in [5.41, 5.74) is 2.00. The number of carbonyl (C=O) groups excluding carboxylic acids is 1. The van der Waals surface area contributed by atoms with E-state index < -0.39 is 0 Å². The molecule has 1 atom stereocenters. The minimum absolute atomic E-state index is 0.0819. The lowest BCUT2D eigenvalue weighted by molar-refractivity contribution is -0.118. The summed E-state index contributed by atoms with van der Waals surface area (Å²) in [6.07, 6.45) is 1.08. The average molecular weight is 343 g/mol. The van der Waals surface area contributed by atoms with Crippen LogP contribution in [0, 0.1) is 0 Å². The summed E-state index contributed by atoms with van der Waals surface area (Å²) in [6.45, 7) is 4.31. The van der Waals surface area contributed by atoms with Gasteiger partial charge in [0.1, 0.15) is 6.61 Å². The number of benzene rings is 2. The topological polar surface area (TPSA) is 67.8 Å². The molecule has 0 fully saturated rings. The quantitative estimate of drug-likeness (QED) is 0.730. The SMILES string of the molecule is CCC(C)c1ccc(NC(=O)COc2ccccc2OCCO)cc1. The fourth-order valence-electron chi connectivity index (χ4n) is 2.32. The third-order valence-corrected chi connectivity index (χ3v) is 3.93. The summed E-state index contributed by atoms with van der Waals surface area (Å²) < 4.78 is 10.9. The number of aliphatic hydroxyl groups is 1. The normalized spacial score (nSPS) is 11.6. The monoisotopic (exact) mass is 343 g/mol. The fraction of sp³-hybridized carbons (Fsp3) is 0.350. The zero-order valence-corrected chi connectivity index (χ0v) is 14.7. The van der Waals surface area contributed by atoms with Gasteiger partial charge in [-0.15, -0.1) is 0 Å². The van der Waals surface area contributed by atoms with Gasteiger partial charge in [-0.05, 0) is 42.2 Å². The Kier molecular flexibility index (Phi) is 7.29. The lowest BCUT2D eigenvalue weighted by Crippen LogP contribution is -2.20. The van der Waals surface area contributed by atoms with Crippen LogP contribution in [0.25, 0.3) is 0 Å². The Balaban J connectivity index is 1.88. The first-order valence-electron chi connectivity index (χ1n) is 8.49. The molecule has 0 heterocycles. The van der Waals surface area contributed by atoms with Crippen LogP contribution in [0.5, 0.6) is 11.5 Å². The molecular weight excluding hydrogens is 318 g/mol. The number of amides is 1. The van der Waals surface area contributed by atoms with E-state index in [0.29, 0.717) is 17.4 Å². The van der Waals surface area contributed by atoms with Crippen LogP contribution in [0.4, 0.5) is 5.69 Å². The van der Waals surface area contributed by atoms with Crippen molar-refractivity contribution in [1.29, 1.82) is 0 Å². The van der Waals surface area contributed by atoms with E-state index in [1.807, 2.05) is 24.3 Å². The van der Waals surface area contributed by atoms with Crippen LogP contribution >= 0.6 is 0 Å². The lowest BCUT2D eigenvalue weighted by Gasteiger charge is -2.13. The summed E-state index contributed by atoms with van der Waals surface area (Å²) in [5, 5.41) is 11.7. The van der Waals surface area contributed by atoms with Gasteiger partial charge in [-0.25, -0.2) is 0 Å². The van der Waals surface area contributed by atoms with E-state index in [1.54, 1.807) is 24.3 Å². The molecule has 0 spiro atoms. The zero-order chi connectivity index (χ0) is 18.1. The number of ether oxygens (including phenoxy) is 2. The van der Waals surface area contributed by atoms with Crippen molar-refractivity contribution < 1.29 is 19.4 Å². The highest BCUT2D eigenvalue weighted by molar-refractivity contribution is 5.91. The Bertz CT molecular complexity index is 670. The molecule has 0 aliphatic rings. The van der Waals surface area contributed by atoms with Gasteiger partial charge in [0.05, 0.1) is 6.61 Å². The molecule has 2 aromatic carbocycles. The smallest absolute Gasteiger partial charge is 0.262 e. The molecule has 25 heavy (non-hydrogen) atoms. The molecule has 2 rings (SSSR count). The Hall–Kier alpha value is -2.53. The van der Waals surface area contributed by atoms with Gasteiger partial charge < -0.3 is 19.9 Å². The highest BCUT2D eigenvalue weighted by atomic mass is 16.5. The van der Waals surface area contributed by atoms with Crippen molar-refractivity contribution in [3.63, 3.8) is 0 Å². The standard InChI is InChI=1S/C20H25NO4/c1-3-15(2)16-8-10-17(11-9-16)21-20(23)14-25-19-7-5-4-6-18(19)24-13-12-22/h4-11,15,22H,3,12-14H2,1-2H3,(H,21,23). The second kappa shape index (κ2) is 9.69. The van der Waals surface area contributed by atoms with E-state index >= 15 is 0 Å². The maximum Gasteiger partial charge on any atom is 0.262 e. The predicted molar refractivity (Wildman–Crippen MR) is 98.3 cm³/mol. The molecule has 0 aliphatic heterocycles. The zero-order valence-electron chi connectivity index (χ0n) is 14.7. The highest BCUT2D eigenvalue weighted by Gasteiger charge is 2.09. The number of para-hydroxylation sites is 2. The van der Waals surface area contributed by atoms with Crippen molar-refractivity contribution >= 4 is 11.6 Å². The minimum atomic E-state index is -0.242. The number of anilines is 1. The van der Waals surface area contributed by atoms with E-state index in [4.69, 9.17) is 14.6 Å². The van der Waals surface area contributed by atoms with Crippen molar-refractivity contribution in [2.75, 3.05) is 25.1 Å². The predicted octanol–water partition coefficient (Wildman–Crippen LogP) is 3.59. The molecule has 0 radical (unpaired) electrons. The van der Waals surface area contributed by atoms with Crippen molar-refractivity contribution in [3.05, 3.63) is 54.1 Å². The van der Waals surface area contributed by atoms with Crippen molar-refractivity contribution in [2.45, 2.75) is 26.2 Å². The fourth-order valence-corrected chi connectivity index (χ4v) is 2.32. The van der Waals surface area contributed by atoms with Crippen LogP contribution in [0.3, 0.4) is 0 Å². The second-order valence-electron chi connectivity index (χ2n) is 5.79. The number of hydrogen-bond acceptors (Lipinski definition) is 4. The molecule has 0 saturated carbocycles. The third kappa shape index (κ3) is 5.80. The molecule has 2 aromatic rings. The summed E-state index contributed by atoms with van der Waals surface area (Å²) in [6, 6.07) is 14.9. The molecule has 1 unspecified atom stereocenters. The number of nitrogens with one attached hydrogen (secondary N) is 1. The highest BCUT2D eigenvalue weighted by Crippen LogP contribution is 2.26. The van der Waals surface area contributed by atoms with Gasteiger partial charge >= 0.3 is 0 Å². The van der Waals surface area contributed by atoms with Crippen LogP contribution in [0.1, 0.15) is 31.7 Å². The van der Waals surface area contributed by atoms with Gasteiger partial charge in [0.15, 0.2) is 18.1 Å². The van der Waals surface area contributed by atoms with E-state index in [-0.39, 0.29) is 25.7 Å². The Morgan fingerprint density at radius 2 is 1.72 bits per heavy atom. The van der Waals surface area contributed by atoms with E-state index in [0.717, 1.165) is 12.1 Å². The van der Waals surface area contributed by atoms with Crippen LogP contribution in [0.2, 0.25) is 0 Å². The molecule has 134 valence electrons. The molecule has 1 amide bonds. The van der Waals surface area contributed by atoms with E-state index in [2.05, 4.69) is 19.2 Å². The molecular formula is C20H25NO4. The molecule has 0 aromatic heterocycles. The molecule has 0 aliphatic carbocycles. The Morgan fingerprint density at radius 1 is 1.08 bits per heavy atom. The van der Waals surface area contributed by atoms with Crippen LogP contribution in [-0.4, -0.2) is 30.8 Å². The van der Waals surface area contributed by atoms with Gasteiger partial charge in [-0.3, -0.25) is 4.79 Å². The van der Waals surface area contributed by atoms with E-state index in [1.165, 1.54) is 5.56 Å². The first-order valence-corrected chi connectivity index (χ1v) is 8.49. The summed E-state index contributed by atoms with van der Waals surface area (Å²) in [4.78, 5) is 12.1. The number of hydrogen-bond donors (Lipinski definition) is 2. The van der Waals surface area contributed by atoms with Crippen molar-refractivity contribution in [3.8, 4) is 11.5 Å². The van der Waals surface area contributed by atoms with Crippen LogP contribution in [-0.2, 0) is 4.79 Å². The van der Waals surface area contributed by atoms with Crippen molar-refractivity contribution in [2.24, 2.45) is 0 Å². The molecule has 2 N–H and O–H groups in total. The largest absolute Gasteiger partial charge is 0.487 e.